The van der Waals surface area contributed by atoms with Crippen molar-refractivity contribution in [3.05, 3.63) is 0 Å². The molecule has 2 aliphatic rings. The maximum atomic E-state index is 12.9. The summed E-state index contributed by atoms with van der Waals surface area (Å²) in [6.07, 6.45) is 9.57. The topological polar surface area (TPSA) is 98.2 Å². The average molecular weight is 416 g/mol. The molecule has 5 nitrogen and oxygen atoms in total. The van der Waals surface area contributed by atoms with E-state index in [4.69, 9.17) is 11.5 Å². The molecule has 0 aliphatic heterocycles. The fourth-order valence-electron chi connectivity index (χ4n) is 5.78. The van der Waals surface area contributed by atoms with E-state index in [1.165, 1.54) is 19.3 Å². The third-order valence-corrected chi connectivity index (χ3v) is 7.23. The Morgan fingerprint density at radius 2 is 1.68 bits per heavy atom. The lowest BCUT2D eigenvalue weighted by molar-refractivity contribution is -0.139. The fourth-order valence-corrected chi connectivity index (χ4v) is 5.78. The summed E-state index contributed by atoms with van der Waals surface area (Å²) in [5.74, 6) is 1.30. The lowest BCUT2D eigenvalue weighted by atomic mass is 9.56. The van der Waals surface area contributed by atoms with Crippen molar-refractivity contribution in [2.24, 2.45) is 40.6 Å². The lowest BCUT2D eigenvalue weighted by Crippen LogP contribution is -2.55. The Labute approximate surface area is 177 Å². The summed E-state index contributed by atoms with van der Waals surface area (Å²) in [6.45, 7) is 8.35. The number of hydrogen-bond donors (Lipinski definition) is 3. The number of carbonyl (C=O) groups excluding carboxylic acids is 2. The molecule has 164 valence electrons. The second-order valence-electron chi connectivity index (χ2n) is 9.76. The summed E-state index contributed by atoms with van der Waals surface area (Å²) in [5, 5.41) is 3.22. The van der Waals surface area contributed by atoms with Crippen molar-refractivity contribution >= 4 is 24.2 Å². The average Bonchev–Trinajstić information content (AvgIpc) is 2.61. The van der Waals surface area contributed by atoms with Crippen LogP contribution in [0.2, 0.25) is 0 Å². The molecule has 0 aromatic carbocycles. The quantitative estimate of drug-likeness (QED) is 0.590. The Kier molecular flexibility index (Phi) is 9.75. The van der Waals surface area contributed by atoms with Crippen LogP contribution in [0, 0.1) is 29.1 Å². The van der Waals surface area contributed by atoms with E-state index in [0.717, 1.165) is 32.1 Å². The Balaban J connectivity index is 0.00000392. The molecule has 0 spiro atoms. The van der Waals surface area contributed by atoms with E-state index in [1.807, 2.05) is 0 Å². The highest BCUT2D eigenvalue weighted by Gasteiger charge is 2.50. The van der Waals surface area contributed by atoms with Gasteiger partial charge in [-0.25, -0.2) is 0 Å². The van der Waals surface area contributed by atoms with Crippen molar-refractivity contribution in [3.63, 3.8) is 0 Å². The molecule has 2 rings (SSSR count). The van der Waals surface area contributed by atoms with Gasteiger partial charge in [-0.05, 0) is 62.7 Å². The summed E-state index contributed by atoms with van der Waals surface area (Å²) in [7, 11) is 0. The monoisotopic (exact) mass is 415 g/mol. The van der Waals surface area contributed by atoms with Crippen LogP contribution < -0.4 is 16.8 Å². The SMILES string of the molecule is CC1CCC(C(C)C)C(C[C@H](NC(=O)[C@H](C)N)C2CCCCC2)(C(N)=O)C1.Cl. The van der Waals surface area contributed by atoms with Gasteiger partial charge < -0.3 is 16.8 Å². The number of rotatable bonds is 7. The fraction of sp³-hybridized carbons (Fsp3) is 0.909. The lowest BCUT2D eigenvalue weighted by Gasteiger charge is -2.49. The Hall–Kier alpha value is -0.810. The molecule has 5 atom stereocenters. The summed E-state index contributed by atoms with van der Waals surface area (Å²) in [5.41, 5.74) is 11.4. The Bertz CT molecular complexity index is 520. The van der Waals surface area contributed by atoms with E-state index < -0.39 is 11.5 Å². The van der Waals surface area contributed by atoms with Crippen molar-refractivity contribution < 1.29 is 9.59 Å². The van der Waals surface area contributed by atoms with Gasteiger partial charge in [0, 0.05) is 6.04 Å². The smallest absolute Gasteiger partial charge is 0.236 e. The summed E-state index contributed by atoms with van der Waals surface area (Å²) in [4.78, 5) is 25.3. The predicted octanol–water partition coefficient (Wildman–Crippen LogP) is 3.77. The number of nitrogens with two attached hydrogens (primary N) is 2. The van der Waals surface area contributed by atoms with Gasteiger partial charge in [0.15, 0.2) is 0 Å². The van der Waals surface area contributed by atoms with Gasteiger partial charge in [0.25, 0.3) is 0 Å². The van der Waals surface area contributed by atoms with Crippen LogP contribution in [0.1, 0.15) is 85.5 Å². The van der Waals surface area contributed by atoms with Crippen LogP contribution in [0.5, 0.6) is 0 Å². The number of hydrogen-bond acceptors (Lipinski definition) is 3. The predicted molar refractivity (Wildman–Crippen MR) is 117 cm³/mol. The number of amides is 2. The van der Waals surface area contributed by atoms with Gasteiger partial charge >= 0.3 is 0 Å². The van der Waals surface area contributed by atoms with Crippen LogP contribution in [-0.4, -0.2) is 23.9 Å². The van der Waals surface area contributed by atoms with Crippen molar-refractivity contribution in [3.8, 4) is 0 Å². The first-order chi connectivity index (χ1) is 12.7. The standard InChI is InChI=1S/C22H41N3O2.ClH/c1-14(2)18-11-10-15(3)12-22(18,21(24)27)13-19(25-20(26)16(4)23)17-8-6-5-7-9-17;/h14-19H,5-13,23H2,1-4H3,(H2,24,27)(H,25,26);1H/t15?,16-,18?,19-,22?;/m0./s1. The minimum absolute atomic E-state index is 0. The minimum atomic E-state index is -0.535. The Morgan fingerprint density at radius 1 is 1.07 bits per heavy atom. The van der Waals surface area contributed by atoms with Crippen molar-refractivity contribution in [1.29, 1.82) is 0 Å². The number of carbonyl (C=O) groups is 2. The van der Waals surface area contributed by atoms with Gasteiger partial charge in [0.2, 0.25) is 11.8 Å². The zero-order valence-electron chi connectivity index (χ0n) is 18.2. The molecule has 0 radical (unpaired) electrons. The molecule has 2 amide bonds. The van der Waals surface area contributed by atoms with Crippen molar-refractivity contribution in [2.75, 3.05) is 0 Å². The van der Waals surface area contributed by atoms with E-state index in [1.54, 1.807) is 6.92 Å². The molecule has 0 heterocycles. The van der Waals surface area contributed by atoms with Crippen LogP contribution in [-0.2, 0) is 9.59 Å². The molecule has 0 aromatic rings. The first-order valence-electron chi connectivity index (χ1n) is 11.0. The first kappa shape index (κ1) is 25.2. The molecule has 3 unspecified atom stereocenters. The van der Waals surface area contributed by atoms with Crippen LogP contribution in [0.4, 0.5) is 0 Å². The van der Waals surface area contributed by atoms with E-state index >= 15 is 0 Å². The molecule has 2 fully saturated rings. The molecular weight excluding hydrogens is 374 g/mol. The summed E-state index contributed by atoms with van der Waals surface area (Å²) < 4.78 is 0. The second-order valence-corrected chi connectivity index (χ2v) is 9.76. The van der Waals surface area contributed by atoms with Crippen LogP contribution in [0.3, 0.4) is 0 Å². The zero-order chi connectivity index (χ0) is 20.2. The van der Waals surface area contributed by atoms with E-state index in [2.05, 4.69) is 26.1 Å². The molecule has 2 aliphatic carbocycles. The molecule has 5 N–H and O–H groups in total. The van der Waals surface area contributed by atoms with Crippen LogP contribution >= 0.6 is 12.4 Å². The molecule has 28 heavy (non-hydrogen) atoms. The molecule has 6 heteroatoms. The maximum absolute atomic E-state index is 12.9. The van der Waals surface area contributed by atoms with Gasteiger partial charge in [-0.2, -0.15) is 0 Å². The minimum Gasteiger partial charge on any atom is -0.369 e. The van der Waals surface area contributed by atoms with Crippen molar-refractivity contribution in [1.82, 2.24) is 5.32 Å². The van der Waals surface area contributed by atoms with E-state index in [-0.39, 0.29) is 36.2 Å². The largest absolute Gasteiger partial charge is 0.369 e. The number of halogens is 1. The summed E-state index contributed by atoms with van der Waals surface area (Å²) in [6, 6.07) is -0.547. The van der Waals surface area contributed by atoms with Crippen molar-refractivity contribution in [2.45, 2.75) is 97.6 Å². The highest BCUT2D eigenvalue weighted by atomic mass is 35.5. The number of nitrogens with one attached hydrogen (secondary N) is 1. The van der Waals surface area contributed by atoms with Gasteiger partial charge in [-0.15, -0.1) is 12.4 Å². The van der Waals surface area contributed by atoms with Gasteiger partial charge in [-0.1, -0.05) is 46.5 Å². The Morgan fingerprint density at radius 3 is 2.18 bits per heavy atom. The molecule has 0 saturated heterocycles. The zero-order valence-corrected chi connectivity index (χ0v) is 19.0. The first-order valence-corrected chi connectivity index (χ1v) is 11.0. The van der Waals surface area contributed by atoms with E-state index in [0.29, 0.717) is 24.2 Å². The second kappa shape index (κ2) is 10.8. The maximum Gasteiger partial charge on any atom is 0.236 e. The molecular formula is C22H42ClN3O2. The molecule has 2 saturated carbocycles. The normalized spacial score (nSPS) is 30.9. The van der Waals surface area contributed by atoms with E-state index in [9.17, 15) is 9.59 Å². The molecule has 0 bridgehead atoms. The van der Waals surface area contributed by atoms with Crippen LogP contribution in [0.15, 0.2) is 0 Å². The highest BCUT2D eigenvalue weighted by Crippen LogP contribution is 2.51. The third-order valence-electron chi connectivity index (χ3n) is 7.23. The summed E-state index contributed by atoms with van der Waals surface area (Å²) >= 11 is 0. The van der Waals surface area contributed by atoms with Gasteiger partial charge in [-0.3, -0.25) is 9.59 Å². The van der Waals surface area contributed by atoms with Crippen LogP contribution in [0.25, 0.3) is 0 Å². The number of primary amides is 1. The van der Waals surface area contributed by atoms with Gasteiger partial charge in [0.1, 0.15) is 0 Å². The molecule has 0 aromatic heterocycles. The third kappa shape index (κ3) is 5.85. The highest BCUT2D eigenvalue weighted by molar-refractivity contribution is 5.85. The van der Waals surface area contributed by atoms with Gasteiger partial charge in [0.05, 0.1) is 11.5 Å².